The van der Waals surface area contributed by atoms with Gasteiger partial charge < -0.3 is 24.5 Å². The number of rotatable bonds is 4. The monoisotopic (exact) mass is 335 g/mol. The number of hydrogen-bond donors (Lipinski definition) is 4. The lowest BCUT2D eigenvalue weighted by molar-refractivity contribution is -0.214. The van der Waals surface area contributed by atoms with Crippen molar-refractivity contribution in [2.24, 2.45) is 0 Å². The summed E-state index contributed by atoms with van der Waals surface area (Å²) < 4.78 is 37.3. The lowest BCUT2D eigenvalue weighted by atomic mass is 9.96. The number of ether oxygens (including phenoxy) is 1. The fraction of sp³-hybridized carbons (Fsp3) is 0.692. The van der Waals surface area contributed by atoms with Crippen molar-refractivity contribution in [3.8, 4) is 0 Å². The topological polar surface area (TPSA) is 129 Å². The van der Waals surface area contributed by atoms with Crippen molar-refractivity contribution in [2.75, 3.05) is 6.54 Å². The molecule has 0 aromatic carbocycles. The molecular formula is C13H21NO7S. The smallest absolute Gasteiger partial charge is 0.244 e. The Labute approximate surface area is 128 Å². The first-order valence-corrected chi connectivity index (χ1v) is 8.38. The van der Waals surface area contributed by atoms with Gasteiger partial charge in [-0.2, -0.15) is 0 Å². The Morgan fingerprint density at radius 2 is 1.82 bits per heavy atom. The molecule has 0 spiro atoms. The predicted octanol–water partition coefficient (Wildman–Crippen LogP) is -0.955. The lowest BCUT2D eigenvalue weighted by Gasteiger charge is -2.39. The molecule has 22 heavy (non-hydrogen) atoms. The van der Waals surface area contributed by atoms with Gasteiger partial charge in [0, 0.05) is 6.54 Å². The van der Waals surface area contributed by atoms with Crippen LogP contribution in [0.1, 0.15) is 18.4 Å². The Morgan fingerprint density at radius 3 is 2.36 bits per heavy atom. The molecule has 1 aliphatic rings. The first-order chi connectivity index (χ1) is 10.1. The maximum absolute atomic E-state index is 12.2. The Kier molecular flexibility index (Phi) is 4.95. The summed E-state index contributed by atoms with van der Waals surface area (Å²) in [6, 6.07) is 1.40. The molecule has 1 fully saturated rings. The van der Waals surface area contributed by atoms with E-state index in [1.54, 1.807) is 6.92 Å². The number of furan rings is 1. The van der Waals surface area contributed by atoms with E-state index >= 15 is 0 Å². The summed E-state index contributed by atoms with van der Waals surface area (Å²) in [4.78, 5) is 0.0175. The maximum Gasteiger partial charge on any atom is 0.244 e. The largest absolute Gasteiger partial charge is 0.465 e. The van der Waals surface area contributed by atoms with Crippen LogP contribution in [0.4, 0.5) is 0 Å². The van der Waals surface area contributed by atoms with Crippen molar-refractivity contribution in [3.63, 3.8) is 0 Å². The molecule has 9 heteroatoms. The molecule has 1 saturated heterocycles. The molecule has 1 aliphatic heterocycles. The molecule has 2 heterocycles. The number of aryl methyl sites for hydroxylation is 2. The molecule has 0 aliphatic carbocycles. The van der Waals surface area contributed by atoms with Gasteiger partial charge in [0.25, 0.3) is 0 Å². The molecule has 3 unspecified atom stereocenters. The van der Waals surface area contributed by atoms with Crippen molar-refractivity contribution >= 4 is 10.0 Å². The van der Waals surface area contributed by atoms with E-state index in [1.807, 2.05) is 0 Å². The van der Waals surface area contributed by atoms with Crippen molar-refractivity contribution in [3.05, 3.63) is 17.6 Å². The molecule has 5 atom stereocenters. The molecule has 1 aromatic rings. The summed E-state index contributed by atoms with van der Waals surface area (Å²) >= 11 is 0. The molecule has 4 N–H and O–H groups in total. The molecule has 0 amide bonds. The van der Waals surface area contributed by atoms with Gasteiger partial charge in [-0.3, -0.25) is 0 Å². The zero-order valence-electron chi connectivity index (χ0n) is 12.6. The van der Waals surface area contributed by atoms with Crippen LogP contribution >= 0.6 is 0 Å². The van der Waals surface area contributed by atoms with Crippen LogP contribution in [-0.4, -0.2) is 60.8 Å². The highest BCUT2D eigenvalue weighted by Crippen LogP contribution is 2.22. The molecule has 0 radical (unpaired) electrons. The fourth-order valence-electron chi connectivity index (χ4n) is 2.45. The molecule has 0 bridgehead atoms. The second-order valence-electron chi connectivity index (χ2n) is 5.48. The number of nitrogens with one attached hydrogen (secondary N) is 1. The van der Waals surface area contributed by atoms with Crippen molar-refractivity contribution in [1.82, 2.24) is 4.72 Å². The van der Waals surface area contributed by atoms with Crippen LogP contribution < -0.4 is 4.72 Å². The van der Waals surface area contributed by atoms with E-state index in [-0.39, 0.29) is 17.2 Å². The third-order valence-corrected chi connectivity index (χ3v) is 5.24. The Balaban J connectivity index is 2.07. The Bertz CT molecular complexity index is 626. The fourth-order valence-corrected chi connectivity index (χ4v) is 3.73. The minimum Gasteiger partial charge on any atom is -0.465 e. The third kappa shape index (κ3) is 3.34. The molecule has 1 aromatic heterocycles. The van der Waals surface area contributed by atoms with E-state index < -0.39 is 40.5 Å². The molecule has 2 rings (SSSR count). The first-order valence-electron chi connectivity index (χ1n) is 6.90. The van der Waals surface area contributed by atoms with Crippen molar-refractivity contribution in [2.45, 2.75) is 56.2 Å². The molecule has 8 nitrogen and oxygen atoms in total. The second kappa shape index (κ2) is 6.26. The number of aliphatic hydroxyl groups is 3. The summed E-state index contributed by atoms with van der Waals surface area (Å²) in [5, 5.41) is 29.2. The van der Waals surface area contributed by atoms with Gasteiger partial charge in [-0.25, -0.2) is 13.1 Å². The van der Waals surface area contributed by atoms with E-state index in [9.17, 15) is 23.7 Å². The van der Waals surface area contributed by atoms with Gasteiger partial charge >= 0.3 is 0 Å². The normalized spacial score (nSPS) is 33.1. The van der Waals surface area contributed by atoms with Gasteiger partial charge in [0.05, 0.1) is 6.10 Å². The van der Waals surface area contributed by atoms with E-state index in [4.69, 9.17) is 9.15 Å². The third-order valence-electron chi connectivity index (χ3n) is 3.71. The SMILES string of the molecule is Cc1cc(S(=O)(=O)NC[C@H]2OC(C)[C@@H](O)C(O)C2O)c(C)o1. The average molecular weight is 335 g/mol. The van der Waals surface area contributed by atoms with E-state index in [0.29, 0.717) is 5.76 Å². The zero-order chi connectivity index (χ0) is 16.7. The molecular weight excluding hydrogens is 314 g/mol. The quantitative estimate of drug-likeness (QED) is 0.558. The van der Waals surface area contributed by atoms with Crippen LogP contribution in [0.25, 0.3) is 0 Å². The van der Waals surface area contributed by atoms with E-state index in [2.05, 4.69) is 4.72 Å². The van der Waals surface area contributed by atoms with Crippen LogP contribution in [0.2, 0.25) is 0 Å². The average Bonchev–Trinajstić information content (AvgIpc) is 2.79. The van der Waals surface area contributed by atoms with Crippen LogP contribution in [-0.2, 0) is 14.8 Å². The summed E-state index contributed by atoms with van der Waals surface area (Å²) in [5.74, 6) is 0.734. The lowest BCUT2D eigenvalue weighted by Crippen LogP contribution is -2.59. The minimum atomic E-state index is -3.82. The van der Waals surface area contributed by atoms with Crippen molar-refractivity contribution < 1.29 is 32.9 Å². The maximum atomic E-state index is 12.2. The van der Waals surface area contributed by atoms with Gasteiger partial charge in [-0.15, -0.1) is 0 Å². The minimum absolute atomic E-state index is 0.0175. The summed E-state index contributed by atoms with van der Waals surface area (Å²) in [7, 11) is -3.82. The van der Waals surface area contributed by atoms with Crippen molar-refractivity contribution in [1.29, 1.82) is 0 Å². The second-order valence-corrected chi connectivity index (χ2v) is 7.22. The van der Waals surface area contributed by atoms with Gasteiger partial charge in [0.2, 0.25) is 10.0 Å². The number of aliphatic hydroxyl groups excluding tert-OH is 3. The van der Waals surface area contributed by atoms with Gasteiger partial charge in [-0.1, -0.05) is 0 Å². The summed E-state index contributed by atoms with van der Waals surface area (Å²) in [6.07, 6.45) is -5.68. The zero-order valence-corrected chi connectivity index (χ0v) is 13.4. The van der Waals surface area contributed by atoms with E-state index in [0.717, 1.165) is 0 Å². The van der Waals surface area contributed by atoms with Gasteiger partial charge in [0.15, 0.2) is 0 Å². The van der Waals surface area contributed by atoms with Crippen LogP contribution in [0.5, 0.6) is 0 Å². The highest BCUT2D eigenvalue weighted by Gasteiger charge is 2.42. The highest BCUT2D eigenvalue weighted by molar-refractivity contribution is 7.89. The van der Waals surface area contributed by atoms with Crippen LogP contribution in [0.3, 0.4) is 0 Å². The van der Waals surface area contributed by atoms with Gasteiger partial charge in [-0.05, 0) is 26.8 Å². The molecule has 0 saturated carbocycles. The Morgan fingerprint density at radius 1 is 1.18 bits per heavy atom. The Hall–Kier alpha value is -0.970. The first kappa shape index (κ1) is 17.4. The molecule has 126 valence electrons. The van der Waals surface area contributed by atoms with Crippen LogP contribution in [0.15, 0.2) is 15.4 Å². The summed E-state index contributed by atoms with van der Waals surface area (Å²) in [6.45, 7) is 4.47. The predicted molar refractivity (Wildman–Crippen MR) is 75.7 cm³/mol. The van der Waals surface area contributed by atoms with Gasteiger partial charge in [0.1, 0.15) is 40.8 Å². The number of hydrogen-bond acceptors (Lipinski definition) is 7. The highest BCUT2D eigenvalue weighted by atomic mass is 32.2. The summed E-state index contributed by atoms with van der Waals surface area (Å²) in [5.41, 5.74) is 0. The standard InChI is InChI=1S/C13H21NO7S/c1-6-4-10(7(2)20-6)22(18,19)14-5-9-12(16)13(17)11(15)8(3)21-9/h4,8-9,11-17H,5H2,1-3H3/t8?,9-,11-,12?,13?/m1/s1. The number of sulfonamides is 1. The van der Waals surface area contributed by atoms with Crippen LogP contribution in [0, 0.1) is 13.8 Å². The van der Waals surface area contributed by atoms with E-state index in [1.165, 1.54) is 19.9 Å².